The average Bonchev–Trinajstić information content (AvgIpc) is 2.85. The van der Waals surface area contributed by atoms with Gasteiger partial charge in [-0.2, -0.15) is 0 Å². The predicted octanol–water partition coefficient (Wildman–Crippen LogP) is 4.80. The maximum atomic E-state index is 6.21. The van der Waals surface area contributed by atoms with Gasteiger partial charge in [-0.25, -0.2) is 4.98 Å². The van der Waals surface area contributed by atoms with Crippen LogP contribution in [0.4, 0.5) is 5.13 Å². The van der Waals surface area contributed by atoms with E-state index in [1.807, 2.05) is 18.2 Å². The van der Waals surface area contributed by atoms with Crippen LogP contribution in [0.25, 0.3) is 10.2 Å². The number of nitrogens with zero attached hydrogens (tertiary/aromatic N) is 2. The first-order valence-corrected chi connectivity index (χ1v) is 8.37. The van der Waals surface area contributed by atoms with Crippen LogP contribution in [0.3, 0.4) is 0 Å². The lowest BCUT2D eigenvalue weighted by atomic mass is 9.95. The second-order valence-electron chi connectivity index (χ2n) is 4.99. The molecule has 0 unspecified atom stereocenters. The van der Waals surface area contributed by atoms with Crippen molar-refractivity contribution in [2.75, 3.05) is 23.9 Å². The molecule has 0 radical (unpaired) electrons. The van der Waals surface area contributed by atoms with Crippen LogP contribution in [-0.2, 0) is 0 Å². The van der Waals surface area contributed by atoms with E-state index in [0.29, 0.717) is 0 Å². The number of thiazole rings is 1. The summed E-state index contributed by atoms with van der Waals surface area (Å²) in [4.78, 5) is 7.08. The third-order valence-electron chi connectivity index (χ3n) is 3.76. The van der Waals surface area contributed by atoms with Crippen LogP contribution in [-0.4, -0.2) is 24.0 Å². The summed E-state index contributed by atoms with van der Waals surface area (Å²) < 4.78 is 1.10. The monoisotopic (exact) mass is 314 g/mol. The van der Waals surface area contributed by atoms with Crippen molar-refractivity contribution < 1.29 is 0 Å². The van der Waals surface area contributed by atoms with Crippen LogP contribution in [0.5, 0.6) is 0 Å². The van der Waals surface area contributed by atoms with Gasteiger partial charge in [-0.05, 0) is 37.3 Å². The quantitative estimate of drug-likeness (QED) is 0.757. The van der Waals surface area contributed by atoms with Gasteiger partial charge in [-0.3, -0.25) is 0 Å². The third-order valence-corrected chi connectivity index (χ3v) is 5.57. The molecule has 1 saturated heterocycles. The van der Waals surface area contributed by atoms with Gasteiger partial charge >= 0.3 is 0 Å². The fraction of sp³-hybridized carbons (Fsp3) is 0.500. The highest BCUT2D eigenvalue weighted by atomic mass is 35.5. The van der Waals surface area contributed by atoms with Crippen molar-refractivity contribution in [2.24, 2.45) is 5.92 Å². The van der Waals surface area contributed by atoms with E-state index in [9.17, 15) is 0 Å². The highest BCUT2D eigenvalue weighted by Gasteiger charge is 2.21. The lowest BCUT2D eigenvalue weighted by Crippen LogP contribution is -2.33. The number of aromatic nitrogens is 1. The molecule has 1 aliphatic heterocycles. The van der Waals surface area contributed by atoms with Crippen LogP contribution in [0.1, 0.15) is 19.3 Å². The molecule has 2 nitrogen and oxygen atoms in total. The molecule has 1 fully saturated rings. The zero-order valence-electron chi connectivity index (χ0n) is 10.6. The van der Waals surface area contributed by atoms with E-state index >= 15 is 0 Å². The van der Waals surface area contributed by atoms with Crippen molar-refractivity contribution >= 4 is 49.9 Å². The number of anilines is 1. The Morgan fingerprint density at radius 1 is 1.32 bits per heavy atom. The second kappa shape index (κ2) is 5.86. The summed E-state index contributed by atoms with van der Waals surface area (Å²) in [7, 11) is 0. The lowest BCUT2D eigenvalue weighted by molar-refractivity contribution is 0.396. The van der Waals surface area contributed by atoms with Gasteiger partial charge in [0.05, 0.1) is 15.2 Å². The molecule has 0 aliphatic carbocycles. The Morgan fingerprint density at radius 2 is 2.11 bits per heavy atom. The van der Waals surface area contributed by atoms with Crippen LogP contribution in [0, 0.1) is 5.92 Å². The minimum absolute atomic E-state index is 0.779. The lowest BCUT2D eigenvalue weighted by Gasteiger charge is -2.31. The van der Waals surface area contributed by atoms with E-state index in [-0.39, 0.29) is 0 Å². The molecular formula is C14H16Cl2N2S. The number of fused-ring (bicyclic) bond motifs is 1. The summed E-state index contributed by atoms with van der Waals surface area (Å²) in [5, 5.41) is 1.91. The molecule has 5 heteroatoms. The first kappa shape index (κ1) is 13.5. The fourth-order valence-corrected chi connectivity index (χ4v) is 4.22. The maximum absolute atomic E-state index is 6.21. The Bertz CT molecular complexity index is 562. The van der Waals surface area contributed by atoms with Crippen LogP contribution < -0.4 is 4.90 Å². The Hall–Kier alpha value is -0.510. The van der Waals surface area contributed by atoms with Crippen LogP contribution in [0.15, 0.2) is 18.2 Å². The molecule has 2 heterocycles. The molecule has 0 saturated carbocycles. The van der Waals surface area contributed by atoms with E-state index in [2.05, 4.69) is 4.90 Å². The van der Waals surface area contributed by atoms with Gasteiger partial charge in [0.25, 0.3) is 0 Å². The zero-order valence-corrected chi connectivity index (χ0v) is 12.9. The molecule has 0 spiro atoms. The van der Waals surface area contributed by atoms with Crippen LogP contribution in [0.2, 0.25) is 5.02 Å². The highest BCUT2D eigenvalue weighted by molar-refractivity contribution is 7.22. The summed E-state index contributed by atoms with van der Waals surface area (Å²) in [5.74, 6) is 1.56. The summed E-state index contributed by atoms with van der Waals surface area (Å²) in [6, 6.07) is 5.92. The zero-order chi connectivity index (χ0) is 13.2. The Balaban J connectivity index is 1.77. The van der Waals surface area contributed by atoms with Gasteiger partial charge in [0, 0.05) is 19.0 Å². The largest absolute Gasteiger partial charge is 0.348 e. The summed E-state index contributed by atoms with van der Waals surface area (Å²) in [6.45, 7) is 2.16. The molecule has 1 aromatic heterocycles. The van der Waals surface area contributed by atoms with Crippen LogP contribution >= 0.6 is 34.5 Å². The minimum Gasteiger partial charge on any atom is -0.348 e. The molecular weight excluding hydrogens is 299 g/mol. The molecule has 2 aromatic rings. The van der Waals surface area contributed by atoms with Gasteiger partial charge in [-0.15, -0.1) is 11.6 Å². The van der Waals surface area contributed by atoms with Crippen molar-refractivity contribution in [3.63, 3.8) is 0 Å². The Labute approximate surface area is 127 Å². The van der Waals surface area contributed by atoms with Crippen molar-refractivity contribution in [1.29, 1.82) is 0 Å². The molecule has 1 aliphatic rings. The SMILES string of the molecule is ClCCC1CCN(c2nc3cccc(Cl)c3s2)CC1. The molecule has 19 heavy (non-hydrogen) atoms. The molecule has 0 amide bonds. The first-order chi connectivity index (χ1) is 9.28. The average molecular weight is 315 g/mol. The Kier molecular flexibility index (Phi) is 4.15. The van der Waals surface area contributed by atoms with Crippen molar-refractivity contribution in [3.05, 3.63) is 23.2 Å². The number of hydrogen-bond donors (Lipinski definition) is 0. The fourth-order valence-electron chi connectivity index (χ4n) is 2.61. The van der Waals surface area contributed by atoms with Crippen molar-refractivity contribution in [3.8, 4) is 0 Å². The van der Waals surface area contributed by atoms with E-state index in [0.717, 1.165) is 51.7 Å². The van der Waals surface area contributed by atoms with E-state index in [1.54, 1.807) is 11.3 Å². The van der Waals surface area contributed by atoms with Gasteiger partial charge in [0.15, 0.2) is 5.13 Å². The summed E-state index contributed by atoms with van der Waals surface area (Å²) in [6.07, 6.45) is 3.58. The third kappa shape index (κ3) is 2.83. The molecule has 0 atom stereocenters. The molecule has 0 N–H and O–H groups in total. The first-order valence-electron chi connectivity index (χ1n) is 6.64. The smallest absolute Gasteiger partial charge is 0.186 e. The molecule has 0 bridgehead atoms. The topological polar surface area (TPSA) is 16.1 Å². The van der Waals surface area contributed by atoms with E-state index in [1.165, 1.54) is 12.8 Å². The van der Waals surface area contributed by atoms with Crippen molar-refractivity contribution in [2.45, 2.75) is 19.3 Å². The number of hydrogen-bond acceptors (Lipinski definition) is 3. The molecule has 102 valence electrons. The summed E-state index contributed by atoms with van der Waals surface area (Å²) in [5.41, 5.74) is 1.01. The highest BCUT2D eigenvalue weighted by Crippen LogP contribution is 2.35. The van der Waals surface area contributed by atoms with Gasteiger partial charge in [0.2, 0.25) is 0 Å². The van der Waals surface area contributed by atoms with E-state index < -0.39 is 0 Å². The molecule has 1 aromatic carbocycles. The van der Waals surface area contributed by atoms with Gasteiger partial charge < -0.3 is 4.90 Å². The number of rotatable bonds is 3. The normalized spacial score (nSPS) is 17.3. The molecule has 3 rings (SSSR count). The van der Waals surface area contributed by atoms with Gasteiger partial charge in [-0.1, -0.05) is 29.0 Å². The Morgan fingerprint density at radius 3 is 2.79 bits per heavy atom. The van der Waals surface area contributed by atoms with Gasteiger partial charge in [0.1, 0.15) is 0 Å². The van der Waals surface area contributed by atoms with E-state index in [4.69, 9.17) is 28.2 Å². The number of piperidine rings is 1. The second-order valence-corrected chi connectivity index (χ2v) is 6.76. The number of halogens is 2. The summed E-state index contributed by atoms with van der Waals surface area (Å²) >= 11 is 13.7. The maximum Gasteiger partial charge on any atom is 0.186 e. The predicted molar refractivity (Wildman–Crippen MR) is 84.9 cm³/mol. The number of benzene rings is 1. The minimum atomic E-state index is 0.779. The number of alkyl halides is 1. The standard InChI is InChI=1S/C14H16Cl2N2S/c15-7-4-10-5-8-18(9-6-10)14-17-12-3-1-2-11(16)13(12)19-14/h1-3,10H,4-9H2. The van der Waals surface area contributed by atoms with Crippen molar-refractivity contribution in [1.82, 2.24) is 4.98 Å².